The van der Waals surface area contributed by atoms with Crippen molar-refractivity contribution in [2.75, 3.05) is 70.5 Å². The van der Waals surface area contributed by atoms with Gasteiger partial charge in [-0.3, -0.25) is 23.9 Å². The number of imidazole rings is 1. The summed E-state index contributed by atoms with van der Waals surface area (Å²) in [5.74, 6) is -0.820. The molecule has 0 unspecified atom stereocenters. The van der Waals surface area contributed by atoms with Crippen molar-refractivity contribution >= 4 is 78.5 Å². The molecule has 0 bridgehead atoms. The number of fused-ring (bicyclic) bond motifs is 1. The predicted octanol–water partition coefficient (Wildman–Crippen LogP) is 2.87. The van der Waals surface area contributed by atoms with Gasteiger partial charge in [0, 0.05) is 60.2 Å². The third-order valence-electron chi connectivity index (χ3n) is 8.74. The van der Waals surface area contributed by atoms with Crippen molar-refractivity contribution in [1.82, 2.24) is 29.0 Å². The number of nitrogens with zero attached hydrogens (tertiary/aromatic N) is 6. The lowest BCUT2D eigenvalue weighted by atomic mass is 9.92. The van der Waals surface area contributed by atoms with E-state index in [1.54, 1.807) is 25.1 Å². The van der Waals surface area contributed by atoms with E-state index in [0.717, 1.165) is 10.0 Å². The minimum atomic E-state index is -4.18. The minimum Gasteiger partial charge on any atom is -0.379 e. The van der Waals surface area contributed by atoms with Crippen molar-refractivity contribution in [3.8, 4) is 0 Å². The number of hydrogen-bond donors (Lipinski definition) is 1. The lowest BCUT2D eigenvalue weighted by Crippen LogP contribution is -2.53. The molecule has 0 aliphatic carbocycles. The molecule has 6 rings (SSSR count). The van der Waals surface area contributed by atoms with Crippen LogP contribution in [0.5, 0.6) is 0 Å². The molecule has 3 aromatic rings. The molecule has 17 heteroatoms. The van der Waals surface area contributed by atoms with Crippen molar-refractivity contribution in [2.45, 2.75) is 23.9 Å². The van der Waals surface area contributed by atoms with Crippen LogP contribution in [-0.4, -0.2) is 115 Å². The molecule has 0 radical (unpaired) electrons. The Hall–Kier alpha value is -3.05. The molecular weight excluding hydrogens is 749 g/mol. The molecule has 2 aromatic carbocycles. The van der Waals surface area contributed by atoms with Crippen molar-refractivity contribution in [2.24, 2.45) is 0 Å². The van der Waals surface area contributed by atoms with Gasteiger partial charge in [-0.1, -0.05) is 51.3 Å². The Morgan fingerprint density at radius 3 is 2.29 bits per heavy atom. The average molecular weight is 784 g/mol. The molecule has 0 saturated carbocycles. The molecule has 2 saturated heterocycles. The van der Waals surface area contributed by atoms with Gasteiger partial charge in [-0.15, -0.1) is 0 Å². The van der Waals surface area contributed by atoms with Crippen LogP contribution in [0.2, 0.25) is 10.0 Å². The van der Waals surface area contributed by atoms with Gasteiger partial charge in [0.05, 0.1) is 38.2 Å². The number of piperazine rings is 1. The number of carbonyl (C=O) groups is 3. The summed E-state index contributed by atoms with van der Waals surface area (Å²) in [6.45, 7) is 4.48. The molecule has 1 atom stereocenters. The van der Waals surface area contributed by atoms with E-state index in [1.165, 1.54) is 24.9 Å². The number of amides is 3. The number of sulfonamides is 1. The number of morpholine rings is 1. The Kier molecular flexibility index (Phi) is 10.2. The second kappa shape index (κ2) is 14.1. The van der Waals surface area contributed by atoms with Gasteiger partial charge in [0.15, 0.2) is 5.03 Å². The number of benzene rings is 2. The lowest BCUT2D eigenvalue weighted by molar-refractivity contribution is -0.134. The largest absolute Gasteiger partial charge is 0.379 e. The van der Waals surface area contributed by atoms with Crippen LogP contribution in [0.4, 0.5) is 11.6 Å². The predicted molar refractivity (Wildman–Crippen MR) is 183 cm³/mol. The zero-order valence-electron chi connectivity index (χ0n) is 26.1. The van der Waals surface area contributed by atoms with Crippen LogP contribution in [0.1, 0.15) is 12.5 Å². The highest BCUT2D eigenvalue weighted by molar-refractivity contribution is 9.10. The highest BCUT2D eigenvalue weighted by Gasteiger charge is 2.52. The van der Waals surface area contributed by atoms with Gasteiger partial charge in [-0.2, -0.15) is 4.31 Å². The zero-order valence-corrected chi connectivity index (χ0v) is 30.0. The molecule has 0 spiro atoms. The van der Waals surface area contributed by atoms with Gasteiger partial charge in [0.25, 0.3) is 15.9 Å². The van der Waals surface area contributed by atoms with Crippen LogP contribution in [0.3, 0.4) is 0 Å². The molecule has 3 amide bonds. The topological polar surface area (TPSA) is 137 Å². The Bertz CT molecular complexity index is 1810. The number of aromatic nitrogens is 2. The lowest BCUT2D eigenvalue weighted by Gasteiger charge is -2.35. The minimum absolute atomic E-state index is 0.0291. The Morgan fingerprint density at radius 1 is 1.00 bits per heavy atom. The summed E-state index contributed by atoms with van der Waals surface area (Å²) in [4.78, 5) is 48.9. The van der Waals surface area contributed by atoms with E-state index < -0.39 is 21.5 Å². The molecule has 13 nitrogen and oxygen atoms in total. The summed E-state index contributed by atoms with van der Waals surface area (Å²) in [6.07, 6.45) is 1.44. The molecule has 1 N–H and O–H groups in total. The monoisotopic (exact) mass is 781 g/mol. The van der Waals surface area contributed by atoms with Crippen LogP contribution in [0.15, 0.2) is 58.2 Å². The van der Waals surface area contributed by atoms with Gasteiger partial charge in [-0.05, 0) is 42.8 Å². The smallest absolute Gasteiger partial charge is 0.260 e. The first kappa shape index (κ1) is 34.8. The Labute approximate surface area is 296 Å². The van der Waals surface area contributed by atoms with E-state index in [-0.39, 0.29) is 68.5 Å². The fraction of sp³-hybridized carbons (Fsp3) is 0.419. The maximum absolute atomic E-state index is 14.3. The molecule has 3 aliphatic rings. The van der Waals surface area contributed by atoms with E-state index >= 15 is 0 Å². The van der Waals surface area contributed by atoms with E-state index in [1.807, 2.05) is 29.2 Å². The summed E-state index contributed by atoms with van der Waals surface area (Å²) < 4.78 is 37.4. The first-order chi connectivity index (χ1) is 22.9. The van der Waals surface area contributed by atoms with Gasteiger partial charge in [-0.25, -0.2) is 18.3 Å². The second-order valence-corrected chi connectivity index (χ2v) is 15.7. The molecule has 4 heterocycles. The number of anilines is 2. The first-order valence-corrected chi connectivity index (χ1v) is 18.3. The van der Waals surface area contributed by atoms with E-state index in [9.17, 15) is 22.8 Å². The van der Waals surface area contributed by atoms with E-state index in [4.69, 9.17) is 27.9 Å². The first-order valence-electron chi connectivity index (χ1n) is 15.3. The second-order valence-electron chi connectivity index (χ2n) is 12.0. The fourth-order valence-electron chi connectivity index (χ4n) is 6.23. The molecule has 2 fully saturated rings. The highest BCUT2D eigenvalue weighted by Crippen LogP contribution is 2.45. The number of nitrogens with one attached hydrogen (secondary N) is 1. The van der Waals surface area contributed by atoms with Crippen LogP contribution < -0.4 is 10.2 Å². The number of rotatable bonds is 9. The summed E-state index contributed by atoms with van der Waals surface area (Å²) in [7, 11) is -4.18. The van der Waals surface area contributed by atoms with Gasteiger partial charge >= 0.3 is 0 Å². The summed E-state index contributed by atoms with van der Waals surface area (Å²) >= 11 is 16.0. The van der Waals surface area contributed by atoms with Gasteiger partial charge < -0.3 is 15.0 Å². The molecule has 256 valence electrons. The third-order valence-corrected chi connectivity index (χ3v) is 11.6. The maximum atomic E-state index is 14.3. The third kappa shape index (κ3) is 6.99. The normalized spacial score (nSPS) is 20.6. The quantitative estimate of drug-likeness (QED) is 0.350. The van der Waals surface area contributed by atoms with Crippen molar-refractivity contribution < 1.29 is 27.5 Å². The van der Waals surface area contributed by atoms with Gasteiger partial charge in [0.2, 0.25) is 17.8 Å². The maximum Gasteiger partial charge on any atom is 0.260 e. The number of hydrogen-bond acceptors (Lipinski definition) is 8. The van der Waals surface area contributed by atoms with Gasteiger partial charge in [0.1, 0.15) is 5.54 Å². The average Bonchev–Trinajstić information content (AvgIpc) is 3.59. The van der Waals surface area contributed by atoms with E-state index in [2.05, 4.69) is 26.2 Å². The standard InChI is InChI=1S/C31H34BrCl2N7O6S/c1-31(17-21-2-4-22(32)5-3-21)29(44)40(25-15-23(33)14-24(34)16-25)30-36-19-28(41(30)31)48(45,46)39-8-6-38(7-9-39)27(43)18-35-26(42)20-37-10-12-47-13-11-37/h2-5,14-16,19H,6-13,17-18,20H2,1H3,(H,35,42)/t31-/m1/s1. The highest BCUT2D eigenvalue weighted by atomic mass is 79.9. The number of ether oxygens (including phenoxy) is 1. The van der Waals surface area contributed by atoms with Crippen LogP contribution >= 0.6 is 39.1 Å². The summed E-state index contributed by atoms with van der Waals surface area (Å²) in [5, 5.41) is 3.14. The van der Waals surface area contributed by atoms with Crippen molar-refractivity contribution in [1.29, 1.82) is 0 Å². The fourth-order valence-corrected chi connectivity index (χ4v) is 8.62. The summed E-state index contributed by atoms with van der Waals surface area (Å²) in [6, 6.07) is 12.1. The zero-order chi connectivity index (χ0) is 34.2. The molecule has 1 aromatic heterocycles. The molecule has 48 heavy (non-hydrogen) atoms. The van der Waals surface area contributed by atoms with E-state index in [0.29, 0.717) is 42.0 Å². The Morgan fingerprint density at radius 2 is 1.65 bits per heavy atom. The van der Waals surface area contributed by atoms with Crippen molar-refractivity contribution in [3.05, 3.63) is 68.7 Å². The number of halogens is 3. The van der Waals surface area contributed by atoms with Crippen LogP contribution in [0, 0.1) is 0 Å². The number of carbonyl (C=O) groups excluding carboxylic acids is 3. The van der Waals surface area contributed by atoms with Crippen LogP contribution in [0.25, 0.3) is 0 Å². The van der Waals surface area contributed by atoms with Crippen molar-refractivity contribution in [3.63, 3.8) is 0 Å². The van der Waals surface area contributed by atoms with Crippen LogP contribution in [-0.2, 0) is 41.1 Å². The molecule has 3 aliphatic heterocycles. The summed E-state index contributed by atoms with van der Waals surface area (Å²) in [5.41, 5.74) is -0.210. The molecular formula is C31H34BrCl2N7O6S. The SMILES string of the molecule is C[C@@]1(Cc2ccc(Br)cc2)C(=O)N(c2cc(Cl)cc(Cl)c2)c2ncc(S(=O)(=O)N3CCN(C(=O)CNC(=O)CN4CCOCC4)CC3)n21. The Balaban J connectivity index is 1.21.